The van der Waals surface area contributed by atoms with Crippen LogP contribution in [0.4, 0.5) is 0 Å². The van der Waals surface area contributed by atoms with Gasteiger partial charge in [0.2, 0.25) is 0 Å². The number of carbonyl (C=O) groups excluding carboxylic acids is 1. The lowest BCUT2D eigenvalue weighted by Gasteiger charge is -2.48. The van der Waals surface area contributed by atoms with Crippen LogP contribution in [0.15, 0.2) is 12.2 Å². The fraction of sp³-hybridized carbons (Fsp3) is 0.840. The van der Waals surface area contributed by atoms with Crippen molar-refractivity contribution in [1.29, 1.82) is 0 Å². The molecule has 4 nitrogen and oxygen atoms in total. The van der Waals surface area contributed by atoms with Crippen molar-refractivity contribution in [1.82, 2.24) is 0 Å². The van der Waals surface area contributed by atoms with Gasteiger partial charge < -0.3 is 9.53 Å². The van der Waals surface area contributed by atoms with Crippen LogP contribution in [0.1, 0.15) is 79.6 Å². The summed E-state index contributed by atoms with van der Waals surface area (Å²) in [7, 11) is -1.62. The third-order valence-electron chi connectivity index (χ3n) is 9.29. The maximum Gasteiger partial charge on any atom is 0.317 e. The minimum atomic E-state index is -1.62. The van der Waals surface area contributed by atoms with Crippen molar-refractivity contribution >= 4 is 20.1 Å². The van der Waals surface area contributed by atoms with Crippen molar-refractivity contribution in [2.24, 2.45) is 28.6 Å². The largest absolute Gasteiger partial charge is 0.480 e. The quantitative estimate of drug-likeness (QED) is 0.252. The molecule has 3 rings (SSSR count). The summed E-state index contributed by atoms with van der Waals surface area (Å²) >= 11 is 0. The van der Waals surface area contributed by atoms with Crippen LogP contribution in [0.2, 0.25) is 18.1 Å². The predicted molar refractivity (Wildman–Crippen MR) is 123 cm³/mol. The Kier molecular flexibility index (Phi) is 7.03. The summed E-state index contributed by atoms with van der Waals surface area (Å²) in [6.07, 6.45) is 11.0. The molecule has 0 aromatic carbocycles. The molecule has 0 radical (unpaired) electrons. The van der Waals surface area contributed by atoms with E-state index in [0.717, 1.165) is 0 Å². The number of ketones is 1. The second-order valence-corrected chi connectivity index (χ2v) is 15.3. The third kappa shape index (κ3) is 4.09. The zero-order valence-electron chi connectivity index (χ0n) is 19.7. The molecule has 0 bridgehead atoms. The summed E-state index contributed by atoms with van der Waals surface area (Å²) < 4.78 is 7.01. The fourth-order valence-corrected chi connectivity index (χ4v) is 9.63. The number of rotatable bonds is 10. The minimum Gasteiger partial charge on any atom is -0.480 e. The van der Waals surface area contributed by atoms with Crippen molar-refractivity contribution < 1.29 is 19.1 Å². The highest BCUT2D eigenvalue weighted by Gasteiger charge is 2.56. The van der Waals surface area contributed by atoms with E-state index in [1.165, 1.54) is 50.2 Å². The SMILES string of the molecule is CC[Si](CC)(CC)O[C@H]1CCC[C@]2(C)C([C@H](C)/C=C/C(=O)C3(C(=O)O)CC3)CCC12. The summed E-state index contributed by atoms with van der Waals surface area (Å²) in [5.41, 5.74) is -0.855. The first kappa shape index (κ1) is 23.7. The number of hydrogen-bond donors (Lipinski definition) is 1. The van der Waals surface area contributed by atoms with Crippen LogP contribution in [-0.4, -0.2) is 31.3 Å². The summed E-state index contributed by atoms with van der Waals surface area (Å²) in [5, 5.41) is 9.36. The van der Waals surface area contributed by atoms with Crippen molar-refractivity contribution in [3.8, 4) is 0 Å². The first-order chi connectivity index (χ1) is 14.2. The maximum absolute atomic E-state index is 12.5. The molecule has 5 atom stereocenters. The Bertz CT molecular complexity index is 670. The second kappa shape index (κ2) is 8.89. The number of allylic oxidation sites excluding steroid dienone is 2. The summed E-state index contributed by atoms with van der Waals surface area (Å²) in [6.45, 7) is 11.6. The van der Waals surface area contributed by atoms with Gasteiger partial charge in [-0.25, -0.2) is 0 Å². The van der Waals surface area contributed by atoms with Gasteiger partial charge in [-0.3, -0.25) is 9.59 Å². The van der Waals surface area contributed by atoms with Crippen LogP contribution in [-0.2, 0) is 14.0 Å². The number of carboxylic acids is 1. The smallest absolute Gasteiger partial charge is 0.317 e. The van der Waals surface area contributed by atoms with Gasteiger partial charge in [0.25, 0.3) is 0 Å². The van der Waals surface area contributed by atoms with Crippen molar-refractivity contribution in [3.63, 3.8) is 0 Å². The molecule has 30 heavy (non-hydrogen) atoms. The normalized spacial score (nSPS) is 34.0. The van der Waals surface area contributed by atoms with Crippen LogP contribution in [0.25, 0.3) is 0 Å². The lowest BCUT2D eigenvalue weighted by molar-refractivity contribution is -0.146. The maximum atomic E-state index is 12.5. The summed E-state index contributed by atoms with van der Waals surface area (Å²) in [4.78, 5) is 23.9. The molecule has 2 unspecified atom stereocenters. The van der Waals surface area contributed by atoms with Gasteiger partial charge in [0.15, 0.2) is 14.1 Å². The Morgan fingerprint density at radius 3 is 2.27 bits per heavy atom. The molecule has 0 aromatic heterocycles. The van der Waals surface area contributed by atoms with Gasteiger partial charge in [-0.1, -0.05) is 47.1 Å². The lowest BCUT2D eigenvalue weighted by atomic mass is 9.62. The topological polar surface area (TPSA) is 63.6 Å². The van der Waals surface area contributed by atoms with E-state index in [9.17, 15) is 14.7 Å². The Hall–Kier alpha value is -0.943. The molecular formula is C25H42O4Si. The Morgan fingerprint density at radius 2 is 1.73 bits per heavy atom. The van der Waals surface area contributed by atoms with Crippen molar-refractivity contribution in [2.45, 2.75) is 104 Å². The molecule has 5 heteroatoms. The highest BCUT2D eigenvalue weighted by atomic mass is 28.4. The molecule has 3 aliphatic carbocycles. The van der Waals surface area contributed by atoms with Crippen LogP contribution < -0.4 is 0 Å². The van der Waals surface area contributed by atoms with E-state index in [-0.39, 0.29) is 17.1 Å². The lowest BCUT2D eigenvalue weighted by Crippen LogP contribution is -2.48. The summed E-state index contributed by atoms with van der Waals surface area (Å²) in [5.74, 6) is 0.279. The first-order valence-corrected chi connectivity index (χ1v) is 14.8. The van der Waals surface area contributed by atoms with Gasteiger partial charge in [-0.2, -0.15) is 0 Å². The first-order valence-electron chi connectivity index (χ1n) is 12.3. The van der Waals surface area contributed by atoms with Crippen LogP contribution in [0.5, 0.6) is 0 Å². The van der Waals surface area contributed by atoms with Crippen molar-refractivity contribution in [2.75, 3.05) is 0 Å². The van der Waals surface area contributed by atoms with Gasteiger partial charge in [-0.05, 0) is 85.9 Å². The number of aliphatic carboxylic acids is 1. The van der Waals surface area contributed by atoms with E-state index in [0.29, 0.717) is 30.8 Å². The molecule has 0 aliphatic heterocycles. The van der Waals surface area contributed by atoms with E-state index in [4.69, 9.17) is 4.43 Å². The average molecular weight is 435 g/mol. The molecule has 3 aliphatic rings. The molecule has 3 fully saturated rings. The van der Waals surface area contributed by atoms with E-state index in [1.54, 1.807) is 6.08 Å². The van der Waals surface area contributed by atoms with Crippen LogP contribution in [0.3, 0.4) is 0 Å². The van der Waals surface area contributed by atoms with Gasteiger partial charge in [-0.15, -0.1) is 0 Å². The van der Waals surface area contributed by atoms with E-state index >= 15 is 0 Å². The Labute approximate surface area is 184 Å². The number of hydrogen-bond acceptors (Lipinski definition) is 3. The molecule has 170 valence electrons. The number of carbonyl (C=O) groups is 2. The van der Waals surface area contributed by atoms with Crippen LogP contribution in [0, 0.1) is 28.6 Å². The predicted octanol–water partition coefficient (Wildman–Crippen LogP) is 6.22. The van der Waals surface area contributed by atoms with Gasteiger partial charge in [0.05, 0.1) is 0 Å². The monoisotopic (exact) mass is 434 g/mol. The molecule has 0 amide bonds. The van der Waals surface area contributed by atoms with E-state index < -0.39 is 19.7 Å². The van der Waals surface area contributed by atoms with E-state index in [1.807, 2.05) is 6.08 Å². The average Bonchev–Trinajstić information content (AvgIpc) is 3.47. The molecule has 0 saturated heterocycles. The molecule has 3 saturated carbocycles. The van der Waals surface area contributed by atoms with Gasteiger partial charge >= 0.3 is 5.97 Å². The molecule has 0 heterocycles. The van der Waals surface area contributed by atoms with Gasteiger partial charge in [0.1, 0.15) is 5.41 Å². The van der Waals surface area contributed by atoms with E-state index in [2.05, 4.69) is 34.6 Å². The number of carboxylic acid groups (broad SMARTS) is 1. The zero-order chi connectivity index (χ0) is 22.2. The highest BCUT2D eigenvalue weighted by molar-refractivity contribution is 6.73. The number of fused-ring (bicyclic) bond motifs is 1. The fourth-order valence-electron chi connectivity index (χ4n) is 6.71. The highest BCUT2D eigenvalue weighted by Crippen LogP contribution is 2.59. The molecular weight excluding hydrogens is 392 g/mol. The van der Waals surface area contributed by atoms with Crippen molar-refractivity contribution in [3.05, 3.63) is 12.2 Å². The standard InChI is InChI=1S/C25H42O4Si/c1-6-30(7-2,8-3)29-21-10-9-15-24(5)19(12-13-20(21)24)18(4)11-14-22(26)25(16-17-25)23(27)28/h11,14,18-21H,6-10,12-13,15-17H2,1-5H3,(H,27,28)/b14-11+/t18-,19?,20?,21+,24-/m1/s1. The molecule has 0 aromatic rings. The Morgan fingerprint density at radius 1 is 1.10 bits per heavy atom. The zero-order valence-corrected chi connectivity index (χ0v) is 20.7. The molecule has 0 spiro atoms. The summed E-state index contributed by atoms with van der Waals surface area (Å²) in [6, 6.07) is 3.61. The van der Waals surface area contributed by atoms with Gasteiger partial charge in [0, 0.05) is 6.10 Å². The second-order valence-electron chi connectivity index (χ2n) is 10.6. The molecule has 1 N–H and O–H groups in total. The minimum absolute atomic E-state index is 0.212. The third-order valence-corrected chi connectivity index (χ3v) is 14.0. The van der Waals surface area contributed by atoms with Crippen LogP contribution >= 0.6 is 0 Å². The Balaban J connectivity index is 1.71.